The molecule has 4 N–H and O–H groups in total. The van der Waals surface area contributed by atoms with Gasteiger partial charge in [-0.15, -0.1) is 5.10 Å². The molecular weight excluding hydrogens is 382 g/mol. The second kappa shape index (κ2) is 8.83. The fourth-order valence-electron chi connectivity index (χ4n) is 4.61. The molecule has 1 aromatic carbocycles. The smallest absolute Gasteiger partial charge is 0.224 e. The molecule has 1 unspecified atom stereocenters. The summed E-state index contributed by atoms with van der Waals surface area (Å²) in [4.78, 5) is 25.9. The van der Waals surface area contributed by atoms with E-state index < -0.39 is 0 Å². The first-order valence-electron chi connectivity index (χ1n) is 10.5. The van der Waals surface area contributed by atoms with Crippen LogP contribution in [0.15, 0.2) is 30.5 Å². The van der Waals surface area contributed by atoms with Crippen LogP contribution in [0.4, 0.5) is 5.69 Å². The maximum atomic E-state index is 12.6. The minimum atomic E-state index is -0.0815. The summed E-state index contributed by atoms with van der Waals surface area (Å²) in [5.41, 5.74) is 8.35. The Morgan fingerprint density at radius 1 is 1.27 bits per heavy atom. The van der Waals surface area contributed by atoms with Crippen LogP contribution < -0.4 is 16.4 Å². The maximum absolute atomic E-state index is 12.6. The Hall–Kier alpha value is -2.94. The van der Waals surface area contributed by atoms with Crippen molar-refractivity contribution >= 4 is 17.5 Å². The van der Waals surface area contributed by atoms with Crippen LogP contribution in [0.25, 0.3) is 11.3 Å². The van der Waals surface area contributed by atoms with Gasteiger partial charge in [0.1, 0.15) is 5.69 Å². The van der Waals surface area contributed by atoms with E-state index in [1.54, 1.807) is 0 Å². The average Bonchev–Trinajstić information content (AvgIpc) is 3.20. The summed E-state index contributed by atoms with van der Waals surface area (Å²) in [6.45, 7) is 4.97. The number of nitrogens with one attached hydrogen (secondary N) is 2. The summed E-state index contributed by atoms with van der Waals surface area (Å²) in [5, 5.41) is 14.3. The lowest BCUT2D eigenvalue weighted by Gasteiger charge is -2.49. The number of hydrogen-bond donors (Lipinski definition) is 3. The lowest BCUT2D eigenvalue weighted by molar-refractivity contribution is -0.133. The van der Waals surface area contributed by atoms with Gasteiger partial charge in [-0.1, -0.05) is 17.3 Å². The zero-order valence-corrected chi connectivity index (χ0v) is 17.3. The van der Waals surface area contributed by atoms with E-state index in [-0.39, 0.29) is 17.7 Å². The number of nitrogens with two attached hydrogens (primary N) is 1. The summed E-state index contributed by atoms with van der Waals surface area (Å²) >= 11 is 0. The molecule has 0 spiro atoms. The molecule has 2 bridgehead atoms. The molecule has 3 aliphatic heterocycles. The van der Waals surface area contributed by atoms with Gasteiger partial charge in [0.25, 0.3) is 0 Å². The van der Waals surface area contributed by atoms with Crippen molar-refractivity contribution in [2.75, 3.05) is 31.9 Å². The van der Waals surface area contributed by atoms with Crippen molar-refractivity contribution in [2.24, 2.45) is 11.8 Å². The van der Waals surface area contributed by atoms with Crippen LogP contribution in [0, 0.1) is 11.8 Å². The van der Waals surface area contributed by atoms with E-state index in [1.807, 2.05) is 35.1 Å². The number of nitrogen functional groups attached to an aromatic ring is 1. The Balaban J connectivity index is 1.32. The summed E-state index contributed by atoms with van der Waals surface area (Å²) < 4.78 is 1.90. The third kappa shape index (κ3) is 4.62. The van der Waals surface area contributed by atoms with Crippen molar-refractivity contribution in [1.82, 2.24) is 30.5 Å². The van der Waals surface area contributed by atoms with Gasteiger partial charge in [0, 0.05) is 43.9 Å². The molecule has 4 atom stereocenters. The van der Waals surface area contributed by atoms with Crippen molar-refractivity contribution in [3.8, 4) is 11.3 Å². The van der Waals surface area contributed by atoms with Crippen LogP contribution in [-0.4, -0.2) is 63.9 Å². The van der Waals surface area contributed by atoms with E-state index in [2.05, 4.69) is 25.8 Å². The maximum Gasteiger partial charge on any atom is 0.224 e. The zero-order valence-electron chi connectivity index (χ0n) is 17.3. The average molecular weight is 412 g/mol. The SMILES string of the molecule is CC(=O)NCCNC(=O)[C@H]1CN2CC[C@@H]1C[C@@H]2Cn1cc(-c2cccc(N)c2)nn1. The molecule has 0 saturated carbocycles. The summed E-state index contributed by atoms with van der Waals surface area (Å²) in [5.74, 6) is 0.420. The molecule has 1 aromatic heterocycles. The topological polar surface area (TPSA) is 118 Å². The molecule has 9 nitrogen and oxygen atoms in total. The van der Waals surface area contributed by atoms with Gasteiger partial charge < -0.3 is 16.4 Å². The monoisotopic (exact) mass is 411 g/mol. The number of hydrogen-bond acceptors (Lipinski definition) is 6. The molecule has 30 heavy (non-hydrogen) atoms. The highest BCUT2D eigenvalue weighted by Crippen LogP contribution is 2.37. The molecule has 160 valence electrons. The number of piperidine rings is 3. The van der Waals surface area contributed by atoms with Gasteiger partial charge in [-0.05, 0) is 37.4 Å². The van der Waals surface area contributed by atoms with Gasteiger partial charge in [-0.3, -0.25) is 19.2 Å². The number of rotatable bonds is 7. The van der Waals surface area contributed by atoms with Gasteiger partial charge >= 0.3 is 0 Å². The molecule has 5 rings (SSSR count). The van der Waals surface area contributed by atoms with E-state index in [4.69, 9.17) is 5.73 Å². The van der Waals surface area contributed by atoms with E-state index in [9.17, 15) is 9.59 Å². The van der Waals surface area contributed by atoms with Crippen LogP contribution >= 0.6 is 0 Å². The second-order valence-corrected chi connectivity index (χ2v) is 8.26. The Bertz CT molecular complexity index is 912. The second-order valence-electron chi connectivity index (χ2n) is 8.26. The molecule has 0 radical (unpaired) electrons. The van der Waals surface area contributed by atoms with E-state index >= 15 is 0 Å². The fourth-order valence-corrected chi connectivity index (χ4v) is 4.61. The number of nitrogens with zero attached hydrogens (tertiary/aromatic N) is 4. The highest BCUT2D eigenvalue weighted by atomic mass is 16.2. The molecule has 4 heterocycles. The molecule has 3 fully saturated rings. The van der Waals surface area contributed by atoms with Crippen LogP contribution in [0.3, 0.4) is 0 Å². The number of amides is 2. The Morgan fingerprint density at radius 2 is 2.10 bits per heavy atom. The van der Waals surface area contributed by atoms with Crippen molar-refractivity contribution in [1.29, 1.82) is 0 Å². The largest absolute Gasteiger partial charge is 0.399 e. The Labute approximate surface area is 176 Å². The number of carbonyl (C=O) groups excluding carboxylic acids is 2. The third-order valence-corrected chi connectivity index (χ3v) is 6.13. The van der Waals surface area contributed by atoms with Gasteiger partial charge in [0.2, 0.25) is 11.8 Å². The molecule has 2 aromatic rings. The molecule has 0 aliphatic carbocycles. The number of benzene rings is 1. The highest BCUT2D eigenvalue weighted by molar-refractivity contribution is 5.79. The van der Waals surface area contributed by atoms with Crippen LogP contribution in [-0.2, 0) is 16.1 Å². The van der Waals surface area contributed by atoms with Crippen LogP contribution in [0.1, 0.15) is 19.8 Å². The zero-order chi connectivity index (χ0) is 21.1. The lowest BCUT2D eigenvalue weighted by atomic mass is 9.75. The first-order valence-corrected chi connectivity index (χ1v) is 10.5. The number of anilines is 1. The molecule has 9 heteroatoms. The van der Waals surface area contributed by atoms with Crippen LogP contribution in [0.2, 0.25) is 0 Å². The fraction of sp³-hybridized carbons (Fsp3) is 0.524. The van der Waals surface area contributed by atoms with Crippen LogP contribution in [0.5, 0.6) is 0 Å². The minimum Gasteiger partial charge on any atom is -0.399 e. The van der Waals surface area contributed by atoms with Crippen molar-refractivity contribution in [3.63, 3.8) is 0 Å². The van der Waals surface area contributed by atoms with Crippen molar-refractivity contribution in [3.05, 3.63) is 30.5 Å². The number of fused-ring (bicyclic) bond motifs is 3. The van der Waals surface area contributed by atoms with E-state index in [1.165, 1.54) is 6.92 Å². The third-order valence-electron chi connectivity index (χ3n) is 6.13. The lowest BCUT2D eigenvalue weighted by Crippen LogP contribution is -2.58. The molecule has 3 aliphatic rings. The number of carbonyl (C=O) groups is 2. The first-order chi connectivity index (χ1) is 14.5. The van der Waals surface area contributed by atoms with E-state index in [0.717, 1.165) is 43.7 Å². The van der Waals surface area contributed by atoms with Gasteiger partial charge in [0.05, 0.1) is 18.7 Å². The summed E-state index contributed by atoms with van der Waals surface area (Å²) in [7, 11) is 0. The van der Waals surface area contributed by atoms with Gasteiger partial charge in [-0.2, -0.15) is 0 Å². The van der Waals surface area contributed by atoms with Gasteiger partial charge in [0.15, 0.2) is 0 Å². The standard InChI is InChI=1S/C21H29N7O2/c1-14(29)23-6-7-24-21(30)19-12-27-8-5-15(19)10-18(27)11-28-13-20(25-26-28)16-3-2-4-17(22)9-16/h2-4,9,13,15,18-19H,5-8,10-12,22H2,1H3,(H,23,29)(H,24,30)/t15-,18-,19+/m1/s1. The highest BCUT2D eigenvalue weighted by Gasteiger charge is 2.43. The van der Waals surface area contributed by atoms with E-state index in [0.29, 0.717) is 30.7 Å². The number of aromatic nitrogens is 3. The molecule has 2 amide bonds. The normalized spacial score (nSPS) is 25.1. The molecule has 3 saturated heterocycles. The van der Waals surface area contributed by atoms with Crippen molar-refractivity contribution < 1.29 is 9.59 Å². The summed E-state index contributed by atoms with van der Waals surface area (Å²) in [6, 6.07) is 8.01. The van der Waals surface area contributed by atoms with Crippen molar-refractivity contribution in [2.45, 2.75) is 32.4 Å². The van der Waals surface area contributed by atoms with Gasteiger partial charge in [-0.25, -0.2) is 0 Å². The first kappa shape index (κ1) is 20.3. The molecular formula is C21H29N7O2. The quantitative estimate of drug-likeness (QED) is 0.451. The minimum absolute atomic E-state index is 0.0194. The Morgan fingerprint density at radius 3 is 2.83 bits per heavy atom. The predicted molar refractivity (Wildman–Crippen MR) is 113 cm³/mol. The predicted octanol–water partition coefficient (Wildman–Crippen LogP) is 0.490. The Kier molecular flexibility index (Phi) is 5.98. The summed E-state index contributed by atoms with van der Waals surface area (Å²) in [6.07, 6.45) is 3.99.